The molecule has 0 aliphatic rings. The van der Waals surface area contributed by atoms with Crippen molar-refractivity contribution < 1.29 is 4.92 Å². The zero-order chi connectivity index (χ0) is 14.3. The molecule has 0 heterocycles. The highest BCUT2D eigenvalue weighted by Gasteiger charge is 2.17. The Hall–Kier alpha value is -2.17. The van der Waals surface area contributed by atoms with Gasteiger partial charge in [-0.15, -0.1) is 0 Å². The quantitative estimate of drug-likeness (QED) is 0.439. The van der Waals surface area contributed by atoms with Crippen LogP contribution in [0.4, 0.5) is 11.4 Å². The second-order valence-corrected chi connectivity index (χ2v) is 3.99. The van der Waals surface area contributed by atoms with Gasteiger partial charge in [0.1, 0.15) is 5.69 Å². The first-order valence-electron chi connectivity index (χ1n) is 5.96. The van der Waals surface area contributed by atoms with Crippen LogP contribution in [0, 0.1) is 21.4 Å². The fourth-order valence-electron chi connectivity index (χ4n) is 1.84. The molecule has 0 spiro atoms. The van der Waals surface area contributed by atoms with Gasteiger partial charge in [0.2, 0.25) is 0 Å². The van der Waals surface area contributed by atoms with Crippen LogP contribution in [0.15, 0.2) is 18.2 Å². The molecule has 3 N–H and O–H groups in total. The van der Waals surface area contributed by atoms with E-state index in [1.54, 1.807) is 12.1 Å². The number of hydrogen-bond donors (Lipinski definition) is 2. The summed E-state index contributed by atoms with van der Waals surface area (Å²) in [4.78, 5) is 12.5. The SMILES string of the molecule is CCN(CCC#N)Cc1cccc([N+](=O)[O-])c1NN. The number of benzene rings is 1. The van der Waals surface area contributed by atoms with E-state index in [0.717, 1.165) is 12.1 Å². The van der Waals surface area contributed by atoms with Crippen molar-refractivity contribution in [2.24, 2.45) is 5.84 Å². The fourth-order valence-corrected chi connectivity index (χ4v) is 1.84. The van der Waals surface area contributed by atoms with Crippen LogP contribution in [-0.4, -0.2) is 22.9 Å². The second kappa shape index (κ2) is 7.31. The Labute approximate surface area is 111 Å². The minimum absolute atomic E-state index is 0.0451. The molecule has 0 saturated heterocycles. The maximum atomic E-state index is 10.9. The van der Waals surface area contributed by atoms with Crippen LogP contribution in [-0.2, 0) is 6.54 Å². The van der Waals surface area contributed by atoms with Gasteiger partial charge in [-0.2, -0.15) is 5.26 Å². The lowest BCUT2D eigenvalue weighted by Gasteiger charge is -2.20. The maximum Gasteiger partial charge on any atom is 0.293 e. The number of nitro groups is 1. The van der Waals surface area contributed by atoms with Crippen LogP contribution in [0.2, 0.25) is 0 Å². The summed E-state index contributed by atoms with van der Waals surface area (Å²) in [7, 11) is 0. The molecule has 7 heteroatoms. The third-order valence-corrected chi connectivity index (χ3v) is 2.85. The second-order valence-electron chi connectivity index (χ2n) is 3.99. The molecule has 102 valence electrons. The Balaban J connectivity index is 2.96. The molecule has 0 radical (unpaired) electrons. The summed E-state index contributed by atoms with van der Waals surface area (Å²) >= 11 is 0. The normalized spacial score (nSPS) is 10.2. The summed E-state index contributed by atoms with van der Waals surface area (Å²) in [6.07, 6.45) is 0.425. The highest BCUT2D eigenvalue weighted by atomic mass is 16.6. The number of nitrogens with zero attached hydrogens (tertiary/aromatic N) is 3. The summed E-state index contributed by atoms with van der Waals surface area (Å²) in [5, 5.41) is 19.5. The first-order valence-corrected chi connectivity index (χ1v) is 5.96. The van der Waals surface area contributed by atoms with Crippen LogP contribution in [0.5, 0.6) is 0 Å². The van der Waals surface area contributed by atoms with E-state index in [1.165, 1.54) is 6.07 Å². The summed E-state index contributed by atoms with van der Waals surface area (Å²) in [5.74, 6) is 5.38. The van der Waals surface area contributed by atoms with Gasteiger partial charge in [-0.3, -0.25) is 20.9 Å². The highest BCUT2D eigenvalue weighted by molar-refractivity contribution is 5.65. The number of anilines is 1. The van der Waals surface area contributed by atoms with Gasteiger partial charge >= 0.3 is 0 Å². The highest BCUT2D eigenvalue weighted by Crippen LogP contribution is 2.28. The number of nitro benzene ring substituents is 1. The predicted octanol–water partition coefficient (Wildman–Crippen LogP) is 1.62. The number of hydrazine groups is 1. The fraction of sp³-hybridized carbons (Fsp3) is 0.417. The molecule has 1 rings (SSSR count). The molecule has 1 aromatic carbocycles. The van der Waals surface area contributed by atoms with Gasteiger partial charge < -0.3 is 5.43 Å². The molecule has 0 amide bonds. The summed E-state index contributed by atoms with van der Waals surface area (Å²) in [5.41, 5.74) is 3.42. The van der Waals surface area contributed by atoms with Gasteiger partial charge in [0.15, 0.2) is 0 Å². The van der Waals surface area contributed by atoms with Crippen molar-refractivity contribution >= 4 is 11.4 Å². The molecule has 19 heavy (non-hydrogen) atoms. The molecule has 0 unspecified atom stereocenters. The average molecular weight is 263 g/mol. The number of hydrogen-bond acceptors (Lipinski definition) is 6. The lowest BCUT2D eigenvalue weighted by atomic mass is 10.1. The van der Waals surface area contributed by atoms with Crippen molar-refractivity contribution in [1.29, 1.82) is 5.26 Å². The van der Waals surface area contributed by atoms with Crippen molar-refractivity contribution in [2.45, 2.75) is 19.9 Å². The zero-order valence-electron chi connectivity index (χ0n) is 10.8. The van der Waals surface area contributed by atoms with E-state index in [4.69, 9.17) is 11.1 Å². The number of nitrogen functional groups attached to an aromatic ring is 1. The molecule has 0 saturated carbocycles. The minimum atomic E-state index is -0.468. The lowest BCUT2D eigenvalue weighted by Crippen LogP contribution is -2.25. The molecular formula is C12H17N5O2. The van der Waals surface area contributed by atoms with Crippen molar-refractivity contribution in [3.05, 3.63) is 33.9 Å². The molecule has 7 nitrogen and oxygen atoms in total. The largest absolute Gasteiger partial charge is 0.318 e. The van der Waals surface area contributed by atoms with Crippen LogP contribution in [0.25, 0.3) is 0 Å². The molecule has 0 bridgehead atoms. The molecule has 0 aliphatic heterocycles. The summed E-state index contributed by atoms with van der Waals surface area (Å²) in [6.45, 7) is 3.87. The number of nitrogens with two attached hydrogens (primary N) is 1. The number of nitrogens with one attached hydrogen (secondary N) is 1. The van der Waals surface area contributed by atoms with Gasteiger partial charge in [-0.05, 0) is 12.1 Å². The summed E-state index contributed by atoms with van der Waals surface area (Å²) in [6, 6.07) is 6.91. The van der Waals surface area contributed by atoms with E-state index < -0.39 is 4.92 Å². The van der Waals surface area contributed by atoms with Gasteiger partial charge in [0.25, 0.3) is 5.69 Å². The first kappa shape index (κ1) is 14.9. The monoisotopic (exact) mass is 263 g/mol. The Morgan fingerprint density at radius 1 is 1.58 bits per heavy atom. The number of rotatable bonds is 7. The topological polar surface area (TPSA) is 108 Å². The maximum absolute atomic E-state index is 10.9. The molecule has 0 atom stereocenters. The van der Waals surface area contributed by atoms with E-state index in [1.807, 2.05) is 11.8 Å². The van der Waals surface area contributed by atoms with E-state index in [2.05, 4.69) is 11.5 Å². The summed E-state index contributed by atoms with van der Waals surface area (Å²) < 4.78 is 0. The van der Waals surface area contributed by atoms with Gasteiger partial charge in [-0.1, -0.05) is 19.1 Å². The average Bonchev–Trinajstić information content (AvgIpc) is 2.42. The van der Waals surface area contributed by atoms with E-state index in [9.17, 15) is 10.1 Å². The van der Waals surface area contributed by atoms with E-state index in [0.29, 0.717) is 25.2 Å². The standard InChI is InChI=1S/C12H17N5O2/c1-2-16(8-4-7-13)9-10-5-3-6-11(17(18)19)12(10)15-14/h3,5-6,15H,2,4,8-9,14H2,1H3. The molecule has 0 fully saturated rings. The van der Waals surface area contributed by atoms with E-state index in [-0.39, 0.29) is 5.69 Å². The lowest BCUT2D eigenvalue weighted by molar-refractivity contribution is -0.384. The Morgan fingerprint density at radius 3 is 2.84 bits per heavy atom. The first-order chi connectivity index (χ1) is 9.13. The van der Waals surface area contributed by atoms with E-state index >= 15 is 0 Å². The Kier molecular flexibility index (Phi) is 5.73. The van der Waals surface area contributed by atoms with Crippen molar-refractivity contribution in [3.63, 3.8) is 0 Å². The van der Waals surface area contributed by atoms with Crippen LogP contribution in [0.3, 0.4) is 0 Å². The van der Waals surface area contributed by atoms with Gasteiger partial charge in [-0.25, -0.2) is 0 Å². The van der Waals surface area contributed by atoms with Crippen LogP contribution < -0.4 is 11.3 Å². The number of para-hydroxylation sites is 1. The number of nitriles is 1. The third kappa shape index (κ3) is 3.91. The molecule has 1 aromatic rings. The smallest absolute Gasteiger partial charge is 0.293 e. The Morgan fingerprint density at radius 2 is 2.32 bits per heavy atom. The molecule has 0 aliphatic carbocycles. The Bertz CT molecular complexity index is 483. The molecule has 0 aromatic heterocycles. The zero-order valence-corrected chi connectivity index (χ0v) is 10.8. The van der Waals surface area contributed by atoms with Gasteiger partial charge in [0, 0.05) is 25.6 Å². The van der Waals surface area contributed by atoms with Crippen LogP contribution in [0.1, 0.15) is 18.9 Å². The minimum Gasteiger partial charge on any atom is -0.318 e. The predicted molar refractivity (Wildman–Crippen MR) is 72.1 cm³/mol. The van der Waals surface area contributed by atoms with Crippen molar-refractivity contribution in [3.8, 4) is 6.07 Å². The van der Waals surface area contributed by atoms with Gasteiger partial charge in [0.05, 0.1) is 11.0 Å². The van der Waals surface area contributed by atoms with Crippen molar-refractivity contribution in [1.82, 2.24) is 4.90 Å². The van der Waals surface area contributed by atoms with Crippen molar-refractivity contribution in [2.75, 3.05) is 18.5 Å². The molecular weight excluding hydrogens is 246 g/mol. The third-order valence-electron chi connectivity index (χ3n) is 2.85. The van der Waals surface area contributed by atoms with Crippen LogP contribution >= 0.6 is 0 Å².